The highest BCUT2D eigenvalue weighted by molar-refractivity contribution is 6.32. The van der Waals surface area contributed by atoms with Gasteiger partial charge in [-0.15, -0.1) is 0 Å². The van der Waals surface area contributed by atoms with Crippen molar-refractivity contribution in [3.63, 3.8) is 0 Å². The van der Waals surface area contributed by atoms with Crippen LogP contribution in [0.5, 0.6) is 0 Å². The molecule has 3 N–H and O–H groups in total. The summed E-state index contributed by atoms with van der Waals surface area (Å²) in [6.07, 6.45) is 3.63. The Morgan fingerprint density at radius 1 is 1.23 bits per heavy atom. The van der Waals surface area contributed by atoms with Crippen molar-refractivity contribution >= 4 is 46.5 Å². The van der Waals surface area contributed by atoms with Crippen LogP contribution in [0.1, 0.15) is 12.5 Å². The van der Waals surface area contributed by atoms with Crippen molar-refractivity contribution in [2.75, 3.05) is 24.5 Å². The Bertz CT molecular complexity index is 815. The maximum atomic E-state index is 6.47. The van der Waals surface area contributed by atoms with Gasteiger partial charge < -0.3 is 16.0 Å². The summed E-state index contributed by atoms with van der Waals surface area (Å²) in [5, 5.41) is 4.76. The number of anilines is 1. The molecule has 4 nitrogen and oxygen atoms in total. The Kier molecular flexibility index (Phi) is 6.20. The molecule has 0 spiro atoms. The third kappa shape index (κ3) is 4.79. The van der Waals surface area contributed by atoms with Crippen LogP contribution in [-0.4, -0.2) is 31.5 Å². The van der Waals surface area contributed by atoms with Crippen molar-refractivity contribution in [3.05, 3.63) is 64.1 Å². The van der Waals surface area contributed by atoms with E-state index in [-0.39, 0.29) is 0 Å². The van der Waals surface area contributed by atoms with Crippen molar-refractivity contribution in [1.82, 2.24) is 5.32 Å². The molecule has 0 radical (unpaired) electrons. The zero-order valence-electron chi connectivity index (χ0n) is 14.6. The van der Waals surface area contributed by atoms with E-state index in [4.69, 9.17) is 28.9 Å². The molecule has 26 heavy (non-hydrogen) atoms. The lowest BCUT2D eigenvalue weighted by molar-refractivity contribution is 0.501. The number of hydrogen-bond acceptors (Lipinski definition) is 3. The van der Waals surface area contributed by atoms with Gasteiger partial charge in [-0.2, -0.15) is 0 Å². The minimum absolute atomic E-state index is 0.406. The summed E-state index contributed by atoms with van der Waals surface area (Å²) < 4.78 is 0. The molecule has 6 heteroatoms. The number of hydrogen-bond donors (Lipinski definition) is 2. The number of nitrogens with two attached hydrogens (primary N) is 1. The van der Waals surface area contributed by atoms with Crippen LogP contribution in [0.3, 0.4) is 0 Å². The van der Waals surface area contributed by atoms with Crippen LogP contribution >= 0.6 is 23.2 Å². The quantitative estimate of drug-likeness (QED) is 0.598. The Balaban J connectivity index is 1.73. The molecule has 0 bridgehead atoms. The van der Waals surface area contributed by atoms with Gasteiger partial charge in [-0.25, -0.2) is 4.99 Å². The van der Waals surface area contributed by atoms with E-state index in [1.807, 2.05) is 30.3 Å². The van der Waals surface area contributed by atoms with Gasteiger partial charge in [0, 0.05) is 41.4 Å². The van der Waals surface area contributed by atoms with Crippen LogP contribution in [0, 0.1) is 0 Å². The minimum atomic E-state index is 0.406. The second-order valence-corrected chi connectivity index (χ2v) is 7.14. The lowest BCUT2D eigenvalue weighted by Crippen LogP contribution is -2.49. The maximum absolute atomic E-state index is 6.47. The number of amidine groups is 1. The van der Waals surface area contributed by atoms with E-state index in [1.54, 1.807) is 18.2 Å². The zero-order chi connectivity index (χ0) is 18.5. The Morgan fingerprint density at radius 2 is 2.00 bits per heavy atom. The average molecular weight is 389 g/mol. The van der Waals surface area contributed by atoms with Crippen LogP contribution in [0.2, 0.25) is 10.0 Å². The first-order valence-electron chi connectivity index (χ1n) is 8.57. The molecule has 1 atom stereocenters. The molecular formula is C20H22Cl2N4. The highest BCUT2D eigenvalue weighted by atomic mass is 35.5. The molecule has 1 fully saturated rings. The predicted molar refractivity (Wildman–Crippen MR) is 113 cm³/mol. The second-order valence-electron chi connectivity index (χ2n) is 6.30. The van der Waals surface area contributed by atoms with Gasteiger partial charge in [-0.1, -0.05) is 29.3 Å². The molecule has 0 saturated carbocycles. The largest absolute Gasteiger partial charge is 0.384 e. The van der Waals surface area contributed by atoms with Gasteiger partial charge in [-0.05, 0) is 61.0 Å². The molecule has 1 heterocycles. The standard InChI is InChI=1S/C20H22Cl2N4/c1-14-13-24-10-11-26(14)18-8-2-15(19(22)12-18)3-9-20(23)25-17-6-4-16(21)5-7-17/h2-9,12,14,24H,10-11,13H2,1H3,(H2,23,25)/t14-/m0/s1. The summed E-state index contributed by atoms with van der Waals surface area (Å²) in [6.45, 7) is 5.16. The first-order chi connectivity index (χ1) is 12.5. The molecule has 0 aromatic heterocycles. The number of halogens is 2. The maximum Gasteiger partial charge on any atom is 0.124 e. The summed E-state index contributed by atoms with van der Waals surface area (Å²) in [5.74, 6) is 0.406. The molecule has 0 unspecified atom stereocenters. The molecule has 0 amide bonds. The summed E-state index contributed by atoms with van der Waals surface area (Å²) in [7, 11) is 0. The van der Waals surface area contributed by atoms with E-state index in [0.717, 1.165) is 36.6 Å². The normalized spacial score (nSPS) is 18.5. The smallest absolute Gasteiger partial charge is 0.124 e. The third-order valence-electron chi connectivity index (χ3n) is 4.34. The van der Waals surface area contributed by atoms with Gasteiger partial charge in [0.1, 0.15) is 5.84 Å². The summed E-state index contributed by atoms with van der Waals surface area (Å²) in [4.78, 5) is 6.70. The summed E-state index contributed by atoms with van der Waals surface area (Å²) in [6, 6.07) is 13.8. The first kappa shape index (κ1) is 18.8. The fraction of sp³-hybridized carbons (Fsp3) is 0.250. The molecule has 1 aliphatic rings. The van der Waals surface area contributed by atoms with Crippen molar-refractivity contribution in [1.29, 1.82) is 0 Å². The van der Waals surface area contributed by atoms with Crippen LogP contribution in [0.4, 0.5) is 11.4 Å². The average Bonchev–Trinajstić information content (AvgIpc) is 2.63. The molecule has 3 rings (SSSR count). The van der Waals surface area contributed by atoms with E-state index in [1.165, 1.54) is 0 Å². The fourth-order valence-electron chi connectivity index (χ4n) is 2.93. The number of piperazine rings is 1. The van der Waals surface area contributed by atoms with E-state index >= 15 is 0 Å². The number of nitrogens with zero attached hydrogens (tertiary/aromatic N) is 2. The van der Waals surface area contributed by atoms with Gasteiger partial charge in [0.05, 0.1) is 5.69 Å². The Hall–Kier alpha value is -2.01. The fourth-order valence-corrected chi connectivity index (χ4v) is 3.30. The number of nitrogens with one attached hydrogen (secondary N) is 1. The third-order valence-corrected chi connectivity index (χ3v) is 4.91. The van der Waals surface area contributed by atoms with Crippen LogP contribution in [0.15, 0.2) is 53.5 Å². The zero-order valence-corrected chi connectivity index (χ0v) is 16.1. The number of benzene rings is 2. The lowest BCUT2D eigenvalue weighted by atomic mass is 10.1. The Morgan fingerprint density at radius 3 is 2.69 bits per heavy atom. The molecule has 136 valence electrons. The molecule has 1 saturated heterocycles. The van der Waals surface area contributed by atoms with Crippen LogP contribution in [-0.2, 0) is 0 Å². The SMILES string of the molecule is C[C@H]1CNCCN1c1ccc(C=CC(N)=Nc2ccc(Cl)cc2)c(Cl)c1. The molecule has 1 aliphatic heterocycles. The predicted octanol–water partition coefficient (Wildman–Crippen LogP) is 4.49. The van der Waals surface area contributed by atoms with E-state index in [9.17, 15) is 0 Å². The topological polar surface area (TPSA) is 53.6 Å². The van der Waals surface area contributed by atoms with E-state index in [2.05, 4.69) is 28.2 Å². The first-order valence-corrected chi connectivity index (χ1v) is 9.33. The molecule has 2 aromatic carbocycles. The van der Waals surface area contributed by atoms with Gasteiger partial charge in [0.15, 0.2) is 0 Å². The van der Waals surface area contributed by atoms with Crippen molar-refractivity contribution < 1.29 is 0 Å². The number of rotatable bonds is 4. The molecule has 2 aromatic rings. The monoisotopic (exact) mass is 388 g/mol. The molecule has 0 aliphatic carbocycles. The summed E-state index contributed by atoms with van der Waals surface area (Å²) in [5.41, 5.74) is 8.79. The van der Waals surface area contributed by atoms with E-state index < -0.39 is 0 Å². The molecular weight excluding hydrogens is 367 g/mol. The minimum Gasteiger partial charge on any atom is -0.384 e. The lowest BCUT2D eigenvalue weighted by Gasteiger charge is -2.36. The highest BCUT2D eigenvalue weighted by Gasteiger charge is 2.18. The van der Waals surface area contributed by atoms with Gasteiger partial charge in [-0.3, -0.25) is 0 Å². The van der Waals surface area contributed by atoms with Crippen LogP contribution < -0.4 is 16.0 Å². The highest BCUT2D eigenvalue weighted by Crippen LogP contribution is 2.26. The van der Waals surface area contributed by atoms with Crippen LogP contribution in [0.25, 0.3) is 6.08 Å². The number of aliphatic imine (C=N–C) groups is 1. The Labute approximate surface area is 164 Å². The van der Waals surface area contributed by atoms with Gasteiger partial charge >= 0.3 is 0 Å². The van der Waals surface area contributed by atoms with Gasteiger partial charge in [0.25, 0.3) is 0 Å². The van der Waals surface area contributed by atoms with Crippen molar-refractivity contribution in [3.8, 4) is 0 Å². The van der Waals surface area contributed by atoms with E-state index in [0.29, 0.717) is 21.9 Å². The summed E-state index contributed by atoms with van der Waals surface area (Å²) >= 11 is 12.3. The van der Waals surface area contributed by atoms with Gasteiger partial charge in [0.2, 0.25) is 0 Å². The van der Waals surface area contributed by atoms with Crippen molar-refractivity contribution in [2.45, 2.75) is 13.0 Å². The second kappa shape index (κ2) is 8.58. The van der Waals surface area contributed by atoms with Crippen molar-refractivity contribution in [2.24, 2.45) is 10.7 Å².